The summed E-state index contributed by atoms with van der Waals surface area (Å²) in [7, 11) is 0. The Kier molecular flexibility index (Phi) is 3.42. The smallest absolute Gasteiger partial charge is 0.140 e. The van der Waals surface area contributed by atoms with Crippen molar-refractivity contribution in [3.05, 3.63) is 78.9 Å². The molecule has 126 valence electrons. The quantitative estimate of drug-likeness (QED) is 0.444. The van der Waals surface area contributed by atoms with Crippen LogP contribution in [0, 0.1) is 0 Å². The molecule has 0 aliphatic heterocycles. The van der Waals surface area contributed by atoms with Gasteiger partial charge in [-0.1, -0.05) is 18.2 Å². The topological polar surface area (TPSA) is 69.4 Å². The molecule has 0 atom stereocenters. The normalized spacial score (nSPS) is 11.2. The Bertz CT molecular complexity index is 1190. The highest BCUT2D eigenvalue weighted by atomic mass is 15.0. The van der Waals surface area contributed by atoms with Crippen LogP contribution in [0.4, 0.5) is 5.82 Å². The maximum Gasteiger partial charge on any atom is 0.140 e. The molecule has 0 aliphatic carbocycles. The lowest BCUT2D eigenvalue weighted by Gasteiger charge is -2.10. The van der Waals surface area contributed by atoms with Gasteiger partial charge in [-0.3, -0.25) is 4.98 Å². The number of benzene rings is 1. The molecular formula is C21H17N5. The first kappa shape index (κ1) is 14.7. The number of aromatic nitrogens is 4. The molecule has 4 heterocycles. The fourth-order valence-corrected chi connectivity index (χ4v) is 3.37. The van der Waals surface area contributed by atoms with Gasteiger partial charge in [-0.2, -0.15) is 0 Å². The van der Waals surface area contributed by atoms with Crippen LogP contribution < -0.4 is 5.32 Å². The minimum absolute atomic E-state index is 0.681. The van der Waals surface area contributed by atoms with Gasteiger partial charge >= 0.3 is 0 Å². The number of fused-ring (bicyclic) bond motifs is 2. The summed E-state index contributed by atoms with van der Waals surface area (Å²) in [6.07, 6.45) is 7.55. The number of aromatic amines is 2. The molecular weight excluding hydrogens is 322 g/mol. The molecule has 0 saturated carbocycles. The summed E-state index contributed by atoms with van der Waals surface area (Å²) >= 11 is 0. The molecule has 5 nitrogen and oxygen atoms in total. The zero-order valence-electron chi connectivity index (χ0n) is 14.0. The van der Waals surface area contributed by atoms with Gasteiger partial charge in [0, 0.05) is 47.6 Å². The molecule has 0 amide bonds. The van der Waals surface area contributed by atoms with Gasteiger partial charge in [-0.15, -0.1) is 0 Å². The van der Waals surface area contributed by atoms with Crippen LogP contribution in [0.5, 0.6) is 0 Å². The molecule has 0 spiro atoms. The van der Waals surface area contributed by atoms with E-state index in [9.17, 15) is 0 Å². The zero-order valence-corrected chi connectivity index (χ0v) is 14.0. The molecule has 26 heavy (non-hydrogen) atoms. The minimum Gasteiger partial charge on any atom is -0.366 e. The van der Waals surface area contributed by atoms with Crippen molar-refractivity contribution in [3.63, 3.8) is 0 Å². The molecule has 0 unspecified atom stereocenters. The van der Waals surface area contributed by atoms with E-state index >= 15 is 0 Å². The first-order valence-electron chi connectivity index (χ1n) is 8.56. The number of H-pyrrole nitrogens is 2. The second-order valence-corrected chi connectivity index (χ2v) is 6.25. The van der Waals surface area contributed by atoms with Crippen molar-refractivity contribution < 1.29 is 0 Å². The largest absolute Gasteiger partial charge is 0.366 e. The Morgan fingerprint density at radius 1 is 0.885 bits per heavy atom. The lowest BCUT2D eigenvalue weighted by Crippen LogP contribution is -2.02. The summed E-state index contributed by atoms with van der Waals surface area (Å²) in [5, 5.41) is 5.74. The summed E-state index contributed by atoms with van der Waals surface area (Å²) < 4.78 is 0. The molecule has 0 bridgehead atoms. The number of nitrogens with one attached hydrogen (secondary N) is 3. The van der Waals surface area contributed by atoms with E-state index in [-0.39, 0.29) is 0 Å². The Balaban J connectivity index is 1.61. The van der Waals surface area contributed by atoms with Gasteiger partial charge in [0.15, 0.2) is 0 Å². The van der Waals surface area contributed by atoms with Crippen LogP contribution in [0.25, 0.3) is 33.1 Å². The highest BCUT2D eigenvalue weighted by molar-refractivity contribution is 6.04. The molecule has 0 saturated heterocycles. The van der Waals surface area contributed by atoms with Gasteiger partial charge in [0.1, 0.15) is 11.5 Å². The third-order valence-electron chi connectivity index (χ3n) is 4.61. The maximum atomic E-state index is 4.71. The Morgan fingerprint density at radius 2 is 1.81 bits per heavy atom. The van der Waals surface area contributed by atoms with Crippen molar-refractivity contribution in [1.29, 1.82) is 0 Å². The number of hydrogen-bond acceptors (Lipinski definition) is 3. The lowest BCUT2D eigenvalue weighted by molar-refractivity contribution is 1.09. The van der Waals surface area contributed by atoms with E-state index in [4.69, 9.17) is 4.98 Å². The van der Waals surface area contributed by atoms with Crippen molar-refractivity contribution in [2.75, 3.05) is 5.32 Å². The molecule has 5 aromatic rings. The summed E-state index contributed by atoms with van der Waals surface area (Å²) in [5.74, 6) is 0.839. The van der Waals surface area contributed by atoms with E-state index in [0.29, 0.717) is 6.54 Å². The van der Waals surface area contributed by atoms with Gasteiger partial charge in [-0.05, 0) is 47.0 Å². The van der Waals surface area contributed by atoms with Crippen LogP contribution in [0.3, 0.4) is 0 Å². The molecule has 5 heteroatoms. The molecule has 5 rings (SSSR count). The predicted molar refractivity (Wildman–Crippen MR) is 105 cm³/mol. The Morgan fingerprint density at radius 3 is 2.73 bits per heavy atom. The third-order valence-corrected chi connectivity index (χ3v) is 4.61. The Labute approximate surface area is 150 Å². The van der Waals surface area contributed by atoms with Crippen molar-refractivity contribution in [2.24, 2.45) is 0 Å². The third kappa shape index (κ3) is 2.50. The highest BCUT2D eigenvalue weighted by Crippen LogP contribution is 2.34. The summed E-state index contributed by atoms with van der Waals surface area (Å²) in [6.45, 7) is 0.681. The first-order valence-corrected chi connectivity index (χ1v) is 8.56. The van der Waals surface area contributed by atoms with E-state index < -0.39 is 0 Å². The summed E-state index contributed by atoms with van der Waals surface area (Å²) in [6, 6.07) is 16.6. The molecule has 3 N–H and O–H groups in total. The van der Waals surface area contributed by atoms with E-state index in [1.165, 1.54) is 10.9 Å². The summed E-state index contributed by atoms with van der Waals surface area (Å²) in [5.41, 5.74) is 5.49. The first-order chi connectivity index (χ1) is 12.9. The maximum absolute atomic E-state index is 4.71. The number of anilines is 1. The van der Waals surface area contributed by atoms with Crippen LogP contribution in [0.15, 0.2) is 73.3 Å². The molecule has 0 fully saturated rings. The second-order valence-electron chi connectivity index (χ2n) is 6.25. The van der Waals surface area contributed by atoms with Crippen molar-refractivity contribution in [2.45, 2.75) is 6.54 Å². The number of rotatable bonds is 4. The van der Waals surface area contributed by atoms with Crippen LogP contribution in [0.1, 0.15) is 5.56 Å². The van der Waals surface area contributed by atoms with Crippen molar-refractivity contribution >= 4 is 27.8 Å². The van der Waals surface area contributed by atoms with Gasteiger partial charge < -0.3 is 15.3 Å². The Hall–Kier alpha value is -3.60. The number of hydrogen-bond donors (Lipinski definition) is 3. The fourth-order valence-electron chi connectivity index (χ4n) is 3.37. The van der Waals surface area contributed by atoms with E-state index in [1.807, 2.05) is 24.7 Å². The van der Waals surface area contributed by atoms with Crippen molar-refractivity contribution in [3.8, 4) is 11.1 Å². The highest BCUT2D eigenvalue weighted by Gasteiger charge is 2.12. The molecule has 1 aromatic carbocycles. The van der Waals surface area contributed by atoms with Gasteiger partial charge in [-0.25, -0.2) is 4.98 Å². The zero-order chi connectivity index (χ0) is 17.3. The average molecular weight is 339 g/mol. The van der Waals surface area contributed by atoms with Gasteiger partial charge in [0.2, 0.25) is 0 Å². The fraction of sp³-hybridized carbons (Fsp3) is 0.0476. The number of pyridine rings is 2. The van der Waals surface area contributed by atoms with E-state index in [0.717, 1.165) is 33.5 Å². The summed E-state index contributed by atoms with van der Waals surface area (Å²) in [4.78, 5) is 15.4. The molecule has 0 aliphatic rings. The van der Waals surface area contributed by atoms with Crippen LogP contribution in [-0.4, -0.2) is 19.9 Å². The standard InChI is InChI=1S/C21H17N5/c1-4-15(16-6-9-23-19(16)5-1)18-11-20(26-21-17(18)7-10-24-21)25-13-14-3-2-8-22-12-14/h1-12,23H,13H2,(H2,24,25,26). The van der Waals surface area contributed by atoms with Crippen molar-refractivity contribution in [1.82, 2.24) is 19.9 Å². The lowest BCUT2D eigenvalue weighted by atomic mass is 10.00. The van der Waals surface area contributed by atoms with E-state index in [2.05, 4.69) is 62.7 Å². The van der Waals surface area contributed by atoms with Gasteiger partial charge in [0.25, 0.3) is 0 Å². The van der Waals surface area contributed by atoms with E-state index in [1.54, 1.807) is 6.20 Å². The van der Waals surface area contributed by atoms with Gasteiger partial charge in [0.05, 0.1) is 0 Å². The molecule has 0 radical (unpaired) electrons. The van der Waals surface area contributed by atoms with Crippen LogP contribution >= 0.6 is 0 Å². The monoisotopic (exact) mass is 339 g/mol. The average Bonchev–Trinajstić information content (AvgIpc) is 3.35. The van der Waals surface area contributed by atoms with Crippen LogP contribution in [0.2, 0.25) is 0 Å². The number of nitrogens with zero attached hydrogens (tertiary/aromatic N) is 2. The molecule has 4 aromatic heterocycles. The predicted octanol–water partition coefficient (Wildman–Crippen LogP) is 4.72. The minimum atomic E-state index is 0.681. The van der Waals surface area contributed by atoms with Crippen LogP contribution in [-0.2, 0) is 6.54 Å². The second kappa shape index (κ2) is 6.04. The SMILES string of the molecule is c1cncc(CNc2cc(-c3cccc4[nH]ccc34)c3cc[nH]c3n2)c1.